The van der Waals surface area contributed by atoms with Crippen molar-refractivity contribution in [2.75, 3.05) is 5.43 Å². The number of hydrogen-bond donors (Lipinski definition) is 1. The first-order chi connectivity index (χ1) is 9.49. The van der Waals surface area contributed by atoms with Gasteiger partial charge in [0.15, 0.2) is 0 Å². The Hall–Kier alpha value is -2.63. The minimum Gasteiger partial charge on any atom is -0.352 e. The molecular weight excluding hydrogens is 256 g/mol. The Bertz CT molecular complexity index is 657. The van der Waals surface area contributed by atoms with E-state index in [1.807, 2.05) is 20.9 Å². The number of aryl methyl sites for hydroxylation is 1. The molecule has 1 aromatic heterocycles. The van der Waals surface area contributed by atoms with Crippen LogP contribution in [0.15, 0.2) is 35.4 Å². The standard InChI is InChI=1S/C14H16N4O2/c1-10-8-12(11(2)17(10)3)9-15-16-13-4-6-14(7-5-13)18(19)20/h4-9,16H,1-3H3/b15-9-. The van der Waals surface area contributed by atoms with E-state index in [-0.39, 0.29) is 5.69 Å². The molecule has 6 heteroatoms. The summed E-state index contributed by atoms with van der Waals surface area (Å²) >= 11 is 0. The molecule has 0 saturated carbocycles. The zero-order valence-corrected chi connectivity index (χ0v) is 11.6. The first-order valence-corrected chi connectivity index (χ1v) is 6.15. The average molecular weight is 272 g/mol. The molecule has 6 nitrogen and oxygen atoms in total. The number of aromatic nitrogens is 1. The molecule has 0 aliphatic carbocycles. The number of hydrogen-bond acceptors (Lipinski definition) is 4. The van der Waals surface area contributed by atoms with Crippen molar-refractivity contribution in [3.05, 3.63) is 57.4 Å². The van der Waals surface area contributed by atoms with Gasteiger partial charge in [-0.3, -0.25) is 15.5 Å². The van der Waals surface area contributed by atoms with Crippen molar-refractivity contribution in [3.8, 4) is 0 Å². The first-order valence-electron chi connectivity index (χ1n) is 6.15. The number of non-ortho nitro benzene ring substituents is 1. The van der Waals surface area contributed by atoms with E-state index in [9.17, 15) is 10.1 Å². The van der Waals surface area contributed by atoms with Crippen LogP contribution in [0.2, 0.25) is 0 Å². The van der Waals surface area contributed by atoms with Crippen LogP contribution in [0.4, 0.5) is 11.4 Å². The Morgan fingerprint density at radius 3 is 2.45 bits per heavy atom. The molecular formula is C14H16N4O2. The Morgan fingerprint density at radius 2 is 1.95 bits per heavy atom. The zero-order chi connectivity index (χ0) is 14.7. The predicted octanol–water partition coefficient (Wildman–Crippen LogP) is 3.00. The molecule has 0 aliphatic heterocycles. The summed E-state index contributed by atoms with van der Waals surface area (Å²) in [7, 11) is 2.01. The fraction of sp³-hybridized carbons (Fsp3) is 0.214. The van der Waals surface area contributed by atoms with Gasteiger partial charge in [0.2, 0.25) is 0 Å². The fourth-order valence-electron chi connectivity index (χ4n) is 1.85. The molecule has 0 radical (unpaired) electrons. The van der Waals surface area contributed by atoms with Crippen LogP contribution >= 0.6 is 0 Å². The van der Waals surface area contributed by atoms with Gasteiger partial charge < -0.3 is 4.57 Å². The maximum absolute atomic E-state index is 10.5. The van der Waals surface area contributed by atoms with Gasteiger partial charge >= 0.3 is 0 Å². The number of nitro groups is 1. The molecule has 0 spiro atoms. The summed E-state index contributed by atoms with van der Waals surface area (Å²) < 4.78 is 2.09. The van der Waals surface area contributed by atoms with E-state index in [2.05, 4.69) is 21.2 Å². The van der Waals surface area contributed by atoms with E-state index in [0.717, 1.165) is 11.3 Å². The van der Waals surface area contributed by atoms with Gasteiger partial charge in [-0.15, -0.1) is 0 Å². The van der Waals surface area contributed by atoms with Gasteiger partial charge in [0.05, 0.1) is 16.8 Å². The molecule has 0 aliphatic rings. The molecule has 104 valence electrons. The SMILES string of the molecule is Cc1cc(/C=N\Nc2ccc([N+](=O)[O-])cc2)c(C)n1C. The summed E-state index contributed by atoms with van der Waals surface area (Å²) in [5, 5.41) is 14.7. The minimum atomic E-state index is -0.427. The van der Waals surface area contributed by atoms with Crippen LogP contribution in [0.25, 0.3) is 0 Å². The van der Waals surface area contributed by atoms with Crippen molar-refractivity contribution in [2.24, 2.45) is 12.1 Å². The van der Waals surface area contributed by atoms with E-state index >= 15 is 0 Å². The molecule has 0 fully saturated rings. The van der Waals surface area contributed by atoms with Gasteiger partial charge in [-0.2, -0.15) is 5.10 Å². The predicted molar refractivity (Wildman–Crippen MR) is 79.2 cm³/mol. The Morgan fingerprint density at radius 1 is 1.30 bits per heavy atom. The van der Waals surface area contributed by atoms with Crippen LogP contribution in [-0.4, -0.2) is 15.7 Å². The lowest BCUT2D eigenvalue weighted by Gasteiger charge is -2.00. The second-order valence-electron chi connectivity index (χ2n) is 4.56. The van der Waals surface area contributed by atoms with Crippen LogP contribution in [0.5, 0.6) is 0 Å². The van der Waals surface area contributed by atoms with Crippen LogP contribution < -0.4 is 5.43 Å². The second-order valence-corrected chi connectivity index (χ2v) is 4.56. The molecule has 2 rings (SSSR count). The summed E-state index contributed by atoms with van der Waals surface area (Å²) in [4.78, 5) is 10.1. The molecule has 2 aromatic rings. The number of rotatable bonds is 4. The van der Waals surface area contributed by atoms with E-state index in [0.29, 0.717) is 5.69 Å². The fourth-order valence-corrected chi connectivity index (χ4v) is 1.85. The third-order valence-corrected chi connectivity index (χ3v) is 3.29. The zero-order valence-electron chi connectivity index (χ0n) is 11.6. The largest absolute Gasteiger partial charge is 0.352 e. The van der Waals surface area contributed by atoms with Crippen LogP contribution in [0, 0.1) is 24.0 Å². The Balaban J connectivity index is 2.06. The normalized spacial score (nSPS) is 10.9. The Labute approximate surface area is 116 Å². The van der Waals surface area contributed by atoms with Gasteiger partial charge in [0, 0.05) is 36.1 Å². The third kappa shape index (κ3) is 2.85. The molecule has 0 unspecified atom stereocenters. The lowest BCUT2D eigenvalue weighted by molar-refractivity contribution is -0.384. The van der Waals surface area contributed by atoms with Crippen LogP contribution in [0.1, 0.15) is 17.0 Å². The van der Waals surface area contributed by atoms with Crippen molar-refractivity contribution in [3.63, 3.8) is 0 Å². The highest BCUT2D eigenvalue weighted by atomic mass is 16.6. The van der Waals surface area contributed by atoms with E-state index in [1.54, 1.807) is 18.3 Å². The summed E-state index contributed by atoms with van der Waals surface area (Å²) in [5.41, 5.74) is 6.97. The summed E-state index contributed by atoms with van der Waals surface area (Å²) in [6.07, 6.45) is 1.74. The molecule has 0 saturated heterocycles. The number of benzene rings is 1. The van der Waals surface area contributed by atoms with Crippen molar-refractivity contribution in [2.45, 2.75) is 13.8 Å². The third-order valence-electron chi connectivity index (χ3n) is 3.29. The monoisotopic (exact) mass is 272 g/mol. The lowest BCUT2D eigenvalue weighted by atomic mass is 10.3. The first kappa shape index (κ1) is 13.8. The second kappa shape index (κ2) is 5.56. The van der Waals surface area contributed by atoms with Crippen LogP contribution in [0.3, 0.4) is 0 Å². The smallest absolute Gasteiger partial charge is 0.269 e. The number of nitrogens with one attached hydrogen (secondary N) is 1. The molecule has 0 amide bonds. The molecule has 0 bridgehead atoms. The minimum absolute atomic E-state index is 0.0639. The maximum Gasteiger partial charge on any atom is 0.269 e. The van der Waals surface area contributed by atoms with Crippen molar-refractivity contribution >= 4 is 17.6 Å². The number of nitrogens with zero attached hydrogens (tertiary/aromatic N) is 3. The van der Waals surface area contributed by atoms with E-state index < -0.39 is 4.92 Å². The summed E-state index contributed by atoms with van der Waals surface area (Å²) in [6.45, 7) is 4.06. The lowest BCUT2D eigenvalue weighted by Crippen LogP contribution is -1.95. The molecule has 1 heterocycles. The van der Waals surface area contributed by atoms with Crippen molar-refractivity contribution < 1.29 is 4.92 Å². The highest BCUT2D eigenvalue weighted by Crippen LogP contribution is 2.15. The van der Waals surface area contributed by atoms with E-state index in [4.69, 9.17) is 0 Å². The molecule has 20 heavy (non-hydrogen) atoms. The highest BCUT2D eigenvalue weighted by molar-refractivity contribution is 5.82. The topological polar surface area (TPSA) is 72.5 Å². The van der Waals surface area contributed by atoms with Gasteiger partial charge in [-0.25, -0.2) is 0 Å². The van der Waals surface area contributed by atoms with Crippen molar-refractivity contribution in [1.82, 2.24) is 4.57 Å². The van der Waals surface area contributed by atoms with Crippen LogP contribution in [-0.2, 0) is 7.05 Å². The van der Waals surface area contributed by atoms with Gasteiger partial charge in [0.25, 0.3) is 5.69 Å². The number of anilines is 1. The van der Waals surface area contributed by atoms with Gasteiger partial charge in [-0.05, 0) is 32.0 Å². The van der Waals surface area contributed by atoms with Gasteiger partial charge in [0.1, 0.15) is 0 Å². The van der Waals surface area contributed by atoms with Crippen molar-refractivity contribution in [1.29, 1.82) is 0 Å². The molecule has 1 aromatic carbocycles. The molecule has 1 N–H and O–H groups in total. The quantitative estimate of drug-likeness (QED) is 0.528. The number of nitro benzene ring substituents is 1. The maximum atomic E-state index is 10.5. The number of hydrazone groups is 1. The molecule has 0 atom stereocenters. The summed E-state index contributed by atoms with van der Waals surface area (Å²) in [6, 6.07) is 8.18. The summed E-state index contributed by atoms with van der Waals surface area (Å²) in [5.74, 6) is 0. The highest BCUT2D eigenvalue weighted by Gasteiger charge is 2.04. The average Bonchev–Trinajstić information content (AvgIpc) is 2.67. The Kier molecular flexibility index (Phi) is 3.84. The van der Waals surface area contributed by atoms with E-state index in [1.165, 1.54) is 17.8 Å². The van der Waals surface area contributed by atoms with Gasteiger partial charge in [-0.1, -0.05) is 0 Å².